The first-order chi connectivity index (χ1) is 7.62. The van der Waals surface area contributed by atoms with Gasteiger partial charge >= 0.3 is 0 Å². The van der Waals surface area contributed by atoms with Gasteiger partial charge in [0.1, 0.15) is 17.7 Å². The second-order valence-corrected chi connectivity index (χ2v) is 3.71. The molecule has 3 nitrogen and oxygen atoms in total. The van der Waals surface area contributed by atoms with Crippen molar-refractivity contribution in [1.82, 2.24) is 0 Å². The lowest BCUT2D eigenvalue weighted by Gasteiger charge is -2.09. The van der Waals surface area contributed by atoms with Crippen LogP contribution < -0.4 is 4.74 Å². The first-order valence-corrected chi connectivity index (χ1v) is 5.30. The molecule has 0 atom stereocenters. The van der Waals surface area contributed by atoms with Crippen LogP contribution in [0, 0.1) is 6.92 Å². The van der Waals surface area contributed by atoms with Crippen molar-refractivity contribution < 1.29 is 9.53 Å². The zero-order valence-electron chi connectivity index (χ0n) is 10.2. The lowest BCUT2D eigenvalue weighted by molar-refractivity contribution is 0.112. The van der Waals surface area contributed by atoms with Gasteiger partial charge in [-0.2, -0.15) is 0 Å². The summed E-state index contributed by atoms with van der Waals surface area (Å²) in [5, 5.41) is 0. The number of carbonyl (C=O) groups excluding carboxylic acids is 1. The molecule has 0 aliphatic carbocycles. The Kier molecular flexibility index (Phi) is 4.23. The van der Waals surface area contributed by atoms with Gasteiger partial charge in [-0.3, -0.25) is 9.79 Å². The molecule has 16 heavy (non-hydrogen) atoms. The first-order valence-electron chi connectivity index (χ1n) is 5.30. The van der Waals surface area contributed by atoms with Crippen molar-refractivity contribution in [3.8, 4) is 5.75 Å². The van der Waals surface area contributed by atoms with E-state index in [9.17, 15) is 4.79 Å². The minimum Gasteiger partial charge on any atom is -0.494 e. The first kappa shape index (κ1) is 12.4. The van der Waals surface area contributed by atoms with E-state index in [4.69, 9.17) is 4.74 Å². The summed E-state index contributed by atoms with van der Waals surface area (Å²) in [6.45, 7) is 5.96. The number of hydrogen-bond acceptors (Lipinski definition) is 3. The molecule has 0 aliphatic heterocycles. The summed E-state index contributed by atoms with van der Waals surface area (Å²) in [5.74, 6) is 0.648. The lowest BCUT2D eigenvalue weighted by atomic mass is 10.1. The molecule has 1 aromatic carbocycles. The van der Waals surface area contributed by atoms with E-state index >= 15 is 0 Å². The maximum Gasteiger partial charge on any atom is 0.150 e. The van der Waals surface area contributed by atoms with Crippen molar-refractivity contribution in [3.05, 3.63) is 23.3 Å². The molecular formula is C13H17NO2. The van der Waals surface area contributed by atoms with Gasteiger partial charge in [0.15, 0.2) is 0 Å². The second-order valence-electron chi connectivity index (χ2n) is 3.71. The Hall–Kier alpha value is -1.64. The maximum absolute atomic E-state index is 10.7. The molecule has 0 heterocycles. The smallest absolute Gasteiger partial charge is 0.150 e. The number of rotatable bonds is 4. The average molecular weight is 219 g/mol. The van der Waals surface area contributed by atoms with E-state index in [1.54, 1.807) is 13.2 Å². The summed E-state index contributed by atoms with van der Waals surface area (Å²) in [6, 6.07) is 3.53. The Bertz CT molecular complexity index is 422. The van der Waals surface area contributed by atoms with Crippen molar-refractivity contribution in [2.24, 2.45) is 4.99 Å². The molecule has 1 aromatic rings. The third kappa shape index (κ3) is 2.69. The van der Waals surface area contributed by atoms with Crippen LogP contribution in [0.2, 0.25) is 0 Å². The molecular weight excluding hydrogens is 202 g/mol. The number of aliphatic imine (C=N–C) groups is 1. The van der Waals surface area contributed by atoms with Crippen LogP contribution >= 0.6 is 0 Å². The number of aldehydes is 1. The zero-order chi connectivity index (χ0) is 12.1. The number of benzene rings is 1. The number of carbonyl (C=O) groups is 1. The molecule has 0 N–H and O–H groups in total. The van der Waals surface area contributed by atoms with Crippen LogP contribution in [0.25, 0.3) is 0 Å². The molecule has 0 radical (unpaired) electrons. The molecule has 0 bridgehead atoms. The van der Waals surface area contributed by atoms with Gasteiger partial charge in [-0.05, 0) is 38.0 Å². The fourth-order valence-electron chi connectivity index (χ4n) is 1.41. The van der Waals surface area contributed by atoms with Gasteiger partial charge in [-0.15, -0.1) is 0 Å². The van der Waals surface area contributed by atoms with Gasteiger partial charge in [-0.25, -0.2) is 0 Å². The monoisotopic (exact) mass is 219 g/mol. The molecule has 0 spiro atoms. The normalized spacial score (nSPS) is 11.4. The van der Waals surface area contributed by atoms with Crippen molar-refractivity contribution in [2.45, 2.75) is 27.2 Å². The van der Waals surface area contributed by atoms with Crippen molar-refractivity contribution >= 4 is 17.7 Å². The van der Waals surface area contributed by atoms with E-state index in [0.717, 1.165) is 29.7 Å². The quantitative estimate of drug-likeness (QED) is 0.575. The number of methoxy groups -OCH3 is 1. The third-order valence-corrected chi connectivity index (χ3v) is 2.46. The van der Waals surface area contributed by atoms with Crippen LogP contribution in [0.5, 0.6) is 5.75 Å². The minimum absolute atomic E-state index is 0.613. The van der Waals surface area contributed by atoms with E-state index < -0.39 is 0 Å². The molecule has 0 fully saturated rings. The SMILES string of the molecule is CCC(C)=Nc1c(C)cc(C=O)cc1OC. The highest BCUT2D eigenvalue weighted by Crippen LogP contribution is 2.32. The van der Waals surface area contributed by atoms with Gasteiger partial charge < -0.3 is 4.74 Å². The topological polar surface area (TPSA) is 38.7 Å². The molecule has 0 unspecified atom stereocenters. The van der Waals surface area contributed by atoms with Crippen LogP contribution in [-0.4, -0.2) is 19.1 Å². The van der Waals surface area contributed by atoms with Gasteiger partial charge in [-0.1, -0.05) is 6.92 Å². The molecule has 0 aromatic heterocycles. The molecule has 0 amide bonds. The maximum atomic E-state index is 10.7. The van der Waals surface area contributed by atoms with Crippen molar-refractivity contribution in [2.75, 3.05) is 7.11 Å². The second kappa shape index (κ2) is 5.45. The van der Waals surface area contributed by atoms with Crippen LogP contribution in [-0.2, 0) is 0 Å². The summed E-state index contributed by atoms with van der Waals surface area (Å²) in [5.41, 5.74) is 3.42. The van der Waals surface area contributed by atoms with Crippen LogP contribution in [0.15, 0.2) is 17.1 Å². The van der Waals surface area contributed by atoms with Crippen LogP contribution in [0.1, 0.15) is 36.2 Å². The Morgan fingerprint density at radius 1 is 1.50 bits per heavy atom. The Balaban J connectivity index is 3.32. The minimum atomic E-state index is 0.613. The van der Waals surface area contributed by atoms with E-state index in [1.165, 1.54) is 0 Å². The van der Waals surface area contributed by atoms with Gasteiger partial charge in [0.2, 0.25) is 0 Å². The fraction of sp³-hybridized carbons (Fsp3) is 0.385. The van der Waals surface area contributed by atoms with Gasteiger partial charge in [0.05, 0.1) is 7.11 Å². The average Bonchev–Trinajstić information content (AvgIpc) is 2.30. The summed E-state index contributed by atoms with van der Waals surface area (Å²) in [6.07, 6.45) is 1.72. The van der Waals surface area contributed by atoms with Crippen molar-refractivity contribution in [1.29, 1.82) is 0 Å². The fourth-order valence-corrected chi connectivity index (χ4v) is 1.41. The van der Waals surface area contributed by atoms with Gasteiger partial charge in [0.25, 0.3) is 0 Å². The van der Waals surface area contributed by atoms with Crippen LogP contribution in [0.3, 0.4) is 0 Å². The van der Waals surface area contributed by atoms with E-state index in [-0.39, 0.29) is 0 Å². The van der Waals surface area contributed by atoms with Crippen molar-refractivity contribution in [3.63, 3.8) is 0 Å². The Labute approximate surface area is 96.2 Å². The molecule has 1 rings (SSSR count). The van der Waals surface area contributed by atoms with E-state index in [2.05, 4.69) is 11.9 Å². The summed E-state index contributed by atoms with van der Waals surface area (Å²) >= 11 is 0. The van der Waals surface area contributed by atoms with E-state index in [1.807, 2.05) is 19.9 Å². The summed E-state index contributed by atoms with van der Waals surface area (Å²) in [7, 11) is 1.59. The number of nitrogens with zero attached hydrogens (tertiary/aromatic N) is 1. The standard InChI is InChI=1S/C13H17NO2/c1-5-10(3)14-13-9(2)6-11(8-15)7-12(13)16-4/h6-8H,5H2,1-4H3. The zero-order valence-corrected chi connectivity index (χ0v) is 10.2. The van der Waals surface area contributed by atoms with E-state index in [0.29, 0.717) is 11.3 Å². The molecule has 0 aliphatic rings. The summed E-state index contributed by atoms with van der Waals surface area (Å²) in [4.78, 5) is 15.2. The lowest BCUT2D eigenvalue weighted by Crippen LogP contribution is -1.93. The number of ether oxygens (including phenoxy) is 1. The highest BCUT2D eigenvalue weighted by molar-refractivity contribution is 5.87. The molecule has 0 saturated heterocycles. The third-order valence-electron chi connectivity index (χ3n) is 2.46. The Morgan fingerprint density at radius 3 is 2.69 bits per heavy atom. The van der Waals surface area contributed by atoms with Crippen LogP contribution in [0.4, 0.5) is 5.69 Å². The number of aryl methyl sites for hydroxylation is 1. The predicted molar refractivity (Wildman–Crippen MR) is 66.2 cm³/mol. The predicted octanol–water partition coefficient (Wildman–Crippen LogP) is 3.32. The highest BCUT2D eigenvalue weighted by Gasteiger charge is 2.08. The largest absolute Gasteiger partial charge is 0.494 e. The number of hydrogen-bond donors (Lipinski definition) is 0. The molecule has 86 valence electrons. The van der Waals surface area contributed by atoms with Gasteiger partial charge in [0, 0.05) is 11.3 Å². The molecule has 3 heteroatoms. The summed E-state index contributed by atoms with van der Waals surface area (Å²) < 4.78 is 5.25. The molecule has 0 saturated carbocycles. The highest BCUT2D eigenvalue weighted by atomic mass is 16.5. The Morgan fingerprint density at radius 2 is 2.19 bits per heavy atom.